The summed E-state index contributed by atoms with van der Waals surface area (Å²) in [6.45, 7) is 2.44. The van der Waals surface area contributed by atoms with E-state index in [1.165, 1.54) is 6.07 Å². The number of nitro groups is 1. The van der Waals surface area contributed by atoms with Crippen molar-refractivity contribution in [1.82, 2.24) is 9.97 Å². The van der Waals surface area contributed by atoms with E-state index < -0.39 is 4.92 Å². The lowest BCUT2D eigenvalue weighted by atomic mass is 10.1. The second-order valence-electron chi connectivity index (χ2n) is 4.39. The van der Waals surface area contributed by atoms with Gasteiger partial charge in [-0.05, 0) is 24.1 Å². The fourth-order valence-electron chi connectivity index (χ4n) is 1.99. The number of nitrogens with one attached hydrogen (secondary N) is 2. The predicted octanol–water partition coefficient (Wildman–Crippen LogP) is 2.60. The molecule has 0 aliphatic carbocycles. The van der Waals surface area contributed by atoms with Gasteiger partial charge >= 0.3 is 5.69 Å². The van der Waals surface area contributed by atoms with E-state index in [1.807, 2.05) is 19.1 Å². The zero-order chi connectivity index (χ0) is 15.2. The Morgan fingerprint density at radius 3 is 2.81 bits per heavy atom. The van der Waals surface area contributed by atoms with Crippen molar-refractivity contribution >= 4 is 17.3 Å². The number of aryl methyl sites for hydroxylation is 1. The van der Waals surface area contributed by atoms with Crippen LogP contribution in [0.3, 0.4) is 0 Å². The van der Waals surface area contributed by atoms with Crippen LogP contribution in [0.15, 0.2) is 30.5 Å². The lowest BCUT2D eigenvalue weighted by Crippen LogP contribution is -2.09. The van der Waals surface area contributed by atoms with E-state index in [0.717, 1.165) is 17.7 Å². The van der Waals surface area contributed by atoms with Crippen LogP contribution in [-0.2, 0) is 13.0 Å². The van der Waals surface area contributed by atoms with Gasteiger partial charge in [-0.1, -0.05) is 13.0 Å². The number of nitrogens with zero attached hydrogens (tertiary/aromatic N) is 3. The van der Waals surface area contributed by atoms with Crippen LogP contribution < -0.4 is 10.6 Å². The van der Waals surface area contributed by atoms with E-state index >= 15 is 0 Å². The fourth-order valence-corrected chi connectivity index (χ4v) is 1.99. The Bertz CT molecular complexity index is 645. The summed E-state index contributed by atoms with van der Waals surface area (Å²) in [5.41, 5.74) is 1.92. The number of pyridine rings is 2. The van der Waals surface area contributed by atoms with Gasteiger partial charge in [0.25, 0.3) is 0 Å². The average molecular weight is 287 g/mol. The van der Waals surface area contributed by atoms with E-state index in [9.17, 15) is 10.1 Å². The summed E-state index contributed by atoms with van der Waals surface area (Å²) in [6, 6.07) is 6.88. The van der Waals surface area contributed by atoms with E-state index in [2.05, 4.69) is 20.6 Å². The summed E-state index contributed by atoms with van der Waals surface area (Å²) in [6.07, 6.45) is 2.57. The standard InChI is InChI=1S/C14H17N5O2/c1-3-10-5-4-8-16-11(10)9-17-14-12(19(20)21)6-7-13(15-2)18-14/h4-8H,3,9H2,1-2H3,(H2,15,17,18). The highest BCUT2D eigenvalue weighted by Gasteiger charge is 2.16. The Balaban J connectivity index is 2.24. The molecule has 7 heteroatoms. The molecule has 0 aromatic carbocycles. The van der Waals surface area contributed by atoms with Crippen molar-refractivity contribution in [3.63, 3.8) is 0 Å². The molecule has 0 unspecified atom stereocenters. The Hall–Kier alpha value is -2.70. The van der Waals surface area contributed by atoms with Gasteiger partial charge in [0.05, 0.1) is 17.2 Å². The fraction of sp³-hybridized carbons (Fsp3) is 0.286. The molecule has 7 nitrogen and oxygen atoms in total. The number of rotatable bonds is 6. The Labute approximate surface area is 122 Å². The van der Waals surface area contributed by atoms with Gasteiger partial charge < -0.3 is 10.6 Å². The summed E-state index contributed by atoms with van der Waals surface area (Å²) in [5, 5.41) is 16.9. The Morgan fingerprint density at radius 1 is 1.33 bits per heavy atom. The van der Waals surface area contributed by atoms with Crippen molar-refractivity contribution in [3.05, 3.63) is 51.8 Å². The van der Waals surface area contributed by atoms with E-state index in [-0.39, 0.29) is 11.5 Å². The smallest absolute Gasteiger partial charge is 0.311 e. The maximum absolute atomic E-state index is 11.0. The third-order valence-corrected chi connectivity index (χ3v) is 3.12. The molecule has 0 radical (unpaired) electrons. The first-order chi connectivity index (χ1) is 10.2. The molecule has 2 heterocycles. The topological polar surface area (TPSA) is 93.0 Å². The van der Waals surface area contributed by atoms with E-state index in [0.29, 0.717) is 12.4 Å². The van der Waals surface area contributed by atoms with E-state index in [1.54, 1.807) is 19.3 Å². The van der Waals surface area contributed by atoms with Gasteiger partial charge in [0.15, 0.2) is 0 Å². The molecule has 110 valence electrons. The second kappa shape index (κ2) is 6.65. The highest BCUT2D eigenvalue weighted by atomic mass is 16.6. The summed E-state index contributed by atoms with van der Waals surface area (Å²) in [7, 11) is 1.71. The summed E-state index contributed by atoms with van der Waals surface area (Å²) in [4.78, 5) is 19.1. The Kier molecular flexibility index (Phi) is 4.65. The minimum atomic E-state index is -0.450. The van der Waals surface area contributed by atoms with Crippen LogP contribution in [-0.4, -0.2) is 21.9 Å². The minimum absolute atomic E-state index is 0.0528. The summed E-state index contributed by atoms with van der Waals surface area (Å²) >= 11 is 0. The van der Waals surface area contributed by atoms with E-state index in [4.69, 9.17) is 0 Å². The van der Waals surface area contributed by atoms with Gasteiger partial charge in [0, 0.05) is 19.3 Å². The monoisotopic (exact) mass is 287 g/mol. The lowest BCUT2D eigenvalue weighted by molar-refractivity contribution is -0.384. The van der Waals surface area contributed by atoms with Gasteiger partial charge in [-0.15, -0.1) is 0 Å². The molecule has 0 fully saturated rings. The molecule has 0 atom stereocenters. The molecule has 21 heavy (non-hydrogen) atoms. The van der Waals surface area contributed by atoms with Gasteiger partial charge in [0.1, 0.15) is 5.82 Å². The molecule has 0 aliphatic heterocycles. The molecule has 0 bridgehead atoms. The van der Waals surface area contributed by atoms with Crippen molar-refractivity contribution < 1.29 is 4.92 Å². The van der Waals surface area contributed by atoms with Gasteiger partial charge in [0.2, 0.25) is 5.82 Å². The average Bonchev–Trinajstić information content (AvgIpc) is 2.52. The van der Waals surface area contributed by atoms with Crippen LogP contribution in [0.1, 0.15) is 18.2 Å². The molecule has 0 spiro atoms. The molecular formula is C14H17N5O2. The second-order valence-corrected chi connectivity index (χ2v) is 4.39. The highest BCUT2D eigenvalue weighted by Crippen LogP contribution is 2.24. The van der Waals surface area contributed by atoms with Crippen LogP contribution in [0.2, 0.25) is 0 Å². The Morgan fingerprint density at radius 2 is 2.14 bits per heavy atom. The first kappa shape index (κ1) is 14.7. The SMILES string of the molecule is CCc1cccnc1CNc1nc(NC)ccc1[N+](=O)[O-]. The summed E-state index contributed by atoms with van der Waals surface area (Å²) < 4.78 is 0. The number of aromatic nitrogens is 2. The first-order valence-electron chi connectivity index (χ1n) is 6.65. The van der Waals surface area contributed by atoms with Crippen LogP contribution in [0, 0.1) is 10.1 Å². The van der Waals surface area contributed by atoms with Crippen LogP contribution in [0.5, 0.6) is 0 Å². The van der Waals surface area contributed by atoms with Crippen LogP contribution in [0.4, 0.5) is 17.3 Å². The third kappa shape index (κ3) is 3.44. The molecule has 2 N–H and O–H groups in total. The maximum Gasteiger partial charge on any atom is 0.311 e. The van der Waals surface area contributed by atoms with Gasteiger partial charge in [-0.3, -0.25) is 15.1 Å². The van der Waals surface area contributed by atoms with Crippen LogP contribution in [0.25, 0.3) is 0 Å². The quantitative estimate of drug-likeness (QED) is 0.626. The maximum atomic E-state index is 11.0. The normalized spacial score (nSPS) is 10.2. The molecule has 0 saturated carbocycles. The molecular weight excluding hydrogens is 270 g/mol. The summed E-state index contributed by atoms with van der Waals surface area (Å²) in [5.74, 6) is 0.805. The van der Waals surface area contributed by atoms with Gasteiger partial charge in [-0.25, -0.2) is 4.98 Å². The molecule has 2 aromatic heterocycles. The molecule has 0 amide bonds. The molecule has 2 rings (SSSR count). The lowest BCUT2D eigenvalue weighted by Gasteiger charge is -2.10. The molecule has 2 aromatic rings. The van der Waals surface area contributed by atoms with Crippen molar-refractivity contribution in [3.8, 4) is 0 Å². The molecule has 0 aliphatic rings. The zero-order valence-electron chi connectivity index (χ0n) is 12.0. The largest absolute Gasteiger partial charge is 0.373 e. The minimum Gasteiger partial charge on any atom is -0.373 e. The third-order valence-electron chi connectivity index (χ3n) is 3.12. The van der Waals surface area contributed by atoms with Gasteiger partial charge in [-0.2, -0.15) is 0 Å². The first-order valence-corrected chi connectivity index (χ1v) is 6.65. The highest BCUT2D eigenvalue weighted by molar-refractivity contribution is 5.60. The van der Waals surface area contributed by atoms with Crippen molar-refractivity contribution in [2.45, 2.75) is 19.9 Å². The number of anilines is 2. The predicted molar refractivity (Wildman–Crippen MR) is 81.4 cm³/mol. The van der Waals surface area contributed by atoms with Crippen molar-refractivity contribution in [2.75, 3.05) is 17.7 Å². The number of hydrogen-bond acceptors (Lipinski definition) is 6. The van der Waals surface area contributed by atoms with Crippen molar-refractivity contribution in [1.29, 1.82) is 0 Å². The molecule has 0 saturated heterocycles. The zero-order valence-corrected chi connectivity index (χ0v) is 12.0. The number of hydrogen-bond donors (Lipinski definition) is 2. The van der Waals surface area contributed by atoms with Crippen LogP contribution >= 0.6 is 0 Å². The van der Waals surface area contributed by atoms with Crippen molar-refractivity contribution in [2.24, 2.45) is 0 Å².